The molecule has 132 valence electrons. The molecule has 0 bridgehead atoms. The fourth-order valence-corrected chi connectivity index (χ4v) is 3.62. The third-order valence-electron chi connectivity index (χ3n) is 4.71. The van der Waals surface area contributed by atoms with Gasteiger partial charge >= 0.3 is 5.97 Å². The molecule has 0 spiro atoms. The Morgan fingerprint density at radius 1 is 1.08 bits per heavy atom. The maximum atomic E-state index is 12.3. The molecule has 5 nitrogen and oxygen atoms in total. The highest BCUT2D eigenvalue weighted by Gasteiger charge is 2.17. The number of esters is 1. The van der Waals surface area contributed by atoms with E-state index >= 15 is 0 Å². The van der Waals surface area contributed by atoms with E-state index in [2.05, 4.69) is 46.2 Å². The molecular weight excluding hydrogens is 326 g/mol. The molecule has 2 aromatic heterocycles. The number of para-hydroxylation sites is 1. The number of carbonyl (C=O) groups is 1. The van der Waals surface area contributed by atoms with Gasteiger partial charge in [0.25, 0.3) is 0 Å². The van der Waals surface area contributed by atoms with Crippen molar-refractivity contribution in [3.05, 3.63) is 48.2 Å². The number of aryl methyl sites for hydroxylation is 1. The molecule has 0 amide bonds. The number of hydrogen-bond acceptors (Lipinski definition) is 4. The van der Waals surface area contributed by atoms with Crippen LogP contribution in [0.3, 0.4) is 0 Å². The maximum absolute atomic E-state index is 12.3. The average Bonchev–Trinajstić information content (AvgIpc) is 2.95. The Labute approximate surface area is 151 Å². The summed E-state index contributed by atoms with van der Waals surface area (Å²) in [6.07, 6.45) is 0. The summed E-state index contributed by atoms with van der Waals surface area (Å²) in [5, 5.41) is 7.64. The van der Waals surface area contributed by atoms with Gasteiger partial charge < -0.3 is 14.6 Å². The van der Waals surface area contributed by atoms with E-state index in [4.69, 9.17) is 4.74 Å². The summed E-state index contributed by atoms with van der Waals surface area (Å²) in [6.45, 7) is 4.86. The molecule has 0 saturated carbocycles. The van der Waals surface area contributed by atoms with E-state index in [9.17, 15) is 4.79 Å². The monoisotopic (exact) mass is 347 g/mol. The van der Waals surface area contributed by atoms with Crippen LogP contribution < -0.4 is 5.32 Å². The van der Waals surface area contributed by atoms with Crippen LogP contribution in [0.5, 0.6) is 0 Å². The fourth-order valence-electron chi connectivity index (χ4n) is 3.62. The summed E-state index contributed by atoms with van der Waals surface area (Å²) in [6, 6.07) is 14.4. The lowest BCUT2D eigenvalue weighted by Crippen LogP contribution is -2.10. The van der Waals surface area contributed by atoms with Crippen molar-refractivity contribution in [2.45, 2.75) is 13.8 Å². The summed E-state index contributed by atoms with van der Waals surface area (Å²) in [7, 11) is 2.06. The van der Waals surface area contributed by atoms with Crippen molar-refractivity contribution < 1.29 is 9.53 Å². The number of fused-ring (bicyclic) bond motifs is 5. The second-order valence-electron chi connectivity index (χ2n) is 6.24. The number of carbonyl (C=O) groups excluding carboxylic acids is 1. The van der Waals surface area contributed by atoms with Gasteiger partial charge in [-0.2, -0.15) is 0 Å². The molecular formula is C21H21N3O2. The van der Waals surface area contributed by atoms with E-state index < -0.39 is 5.97 Å². The van der Waals surface area contributed by atoms with E-state index in [1.807, 2.05) is 25.1 Å². The van der Waals surface area contributed by atoms with Crippen LogP contribution in [0.25, 0.3) is 32.6 Å². The molecule has 2 heterocycles. The number of aromatic nitrogens is 2. The zero-order valence-corrected chi connectivity index (χ0v) is 15.2. The van der Waals surface area contributed by atoms with Crippen molar-refractivity contribution in [3.8, 4) is 0 Å². The van der Waals surface area contributed by atoms with Gasteiger partial charge in [-0.1, -0.05) is 24.3 Å². The van der Waals surface area contributed by atoms with E-state index in [0.29, 0.717) is 18.1 Å². The average molecular weight is 347 g/mol. The Balaban J connectivity index is 2.13. The van der Waals surface area contributed by atoms with Crippen molar-refractivity contribution in [1.82, 2.24) is 9.55 Å². The van der Waals surface area contributed by atoms with Crippen LogP contribution >= 0.6 is 0 Å². The number of benzene rings is 2. The van der Waals surface area contributed by atoms with E-state index in [1.165, 1.54) is 10.8 Å². The first kappa shape index (κ1) is 16.4. The van der Waals surface area contributed by atoms with Crippen LogP contribution in [0.15, 0.2) is 42.5 Å². The lowest BCUT2D eigenvalue weighted by atomic mass is 10.1. The van der Waals surface area contributed by atoms with Crippen LogP contribution in [-0.4, -0.2) is 28.7 Å². The van der Waals surface area contributed by atoms with Crippen molar-refractivity contribution in [2.24, 2.45) is 7.05 Å². The number of anilines is 1. The van der Waals surface area contributed by atoms with Crippen LogP contribution in [0.4, 0.5) is 5.82 Å². The summed E-state index contributed by atoms with van der Waals surface area (Å²) in [5.41, 5.74) is 2.58. The maximum Gasteiger partial charge on any atom is 0.357 e. The van der Waals surface area contributed by atoms with Crippen molar-refractivity contribution in [3.63, 3.8) is 0 Å². The summed E-state index contributed by atoms with van der Waals surface area (Å²) < 4.78 is 7.35. The van der Waals surface area contributed by atoms with Gasteiger partial charge in [-0.3, -0.25) is 0 Å². The highest BCUT2D eigenvalue weighted by Crippen LogP contribution is 2.35. The van der Waals surface area contributed by atoms with Crippen molar-refractivity contribution in [1.29, 1.82) is 0 Å². The molecule has 5 heteroatoms. The first-order valence-electron chi connectivity index (χ1n) is 8.87. The molecule has 0 fully saturated rings. The molecule has 4 rings (SSSR count). The molecule has 1 N–H and O–H groups in total. The van der Waals surface area contributed by atoms with Crippen molar-refractivity contribution in [2.75, 3.05) is 18.5 Å². The van der Waals surface area contributed by atoms with Gasteiger partial charge in [0.2, 0.25) is 0 Å². The highest BCUT2D eigenvalue weighted by atomic mass is 16.5. The fraction of sp³-hybridized carbons (Fsp3) is 0.238. The number of nitrogens with zero attached hydrogens (tertiary/aromatic N) is 2. The minimum atomic E-state index is -0.399. The SMILES string of the molecule is CCNc1nc(C(=O)OCC)cc2c1ccc1c3ccccc3n(C)c21. The lowest BCUT2D eigenvalue weighted by molar-refractivity contribution is 0.0520. The molecule has 0 aliphatic heterocycles. The molecule has 0 aliphatic carbocycles. The molecule has 2 aromatic carbocycles. The van der Waals surface area contributed by atoms with E-state index in [1.54, 1.807) is 6.92 Å². The highest BCUT2D eigenvalue weighted by molar-refractivity contribution is 6.19. The number of hydrogen-bond donors (Lipinski definition) is 1. The number of nitrogens with one attached hydrogen (secondary N) is 1. The number of ether oxygens (including phenoxy) is 1. The summed E-state index contributed by atoms with van der Waals surface area (Å²) in [5.74, 6) is 0.310. The molecule has 0 unspecified atom stereocenters. The Kier molecular flexibility index (Phi) is 3.99. The number of rotatable bonds is 4. The predicted molar refractivity (Wildman–Crippen MR) is 106 cm³/mol. The minimum absolute atomic E-state index is 0.327. The zero-order chi connectivity index (χ0) is 18.3. The van der Waals surface area contributed by atoms with E-state index in [-0.39, 0.29) is 0 Å². The first-order valence-corrected chi connectivity index (χ1v) is 8.87. The molecule has 4 aromatic rings. The Morgan fingerprint density at radius 2 is 1.85 bits per heavy atom. The number of pyridine rings is 1. The molecule has 0 aliphatic rings. The topological polar surface area (TPSA) is 56.1 Å². The summed E-state index contributed by atoms with van der Waals surface area (Å²) in [4.78, 5) is 16.8. The van der Waals surface area contributed by atoms with E-state index in [0.717, 1.165) is 28.4 Å². The Morgan fingerprint density at radius 3 is 2.62 bits per heavy atom. The van der Waals surface area contributed by atoms with Gasteiger partial charge in [0.1, 0.15) is 5.82 Å². The predicted octanol–water partition coefficient (Wildman–Crippen LogP) is 4.49. The van der Waals surface area contributed by atoms with Gasteiger partial charge in [0.05, 0.1) is 12.1 Å². The minimum Gasteiger partial charge on any atom is -0.461 e. The Hall–Kier alpha value is -3.08. The lowest BCUT2D eigenvalue weighted by Gasteiger charge is -2.11. The zero-order valence-electron chi connectivity index (χ0n) is 15.2. The van der Waals surface area contributed by atoms with Gasteiger partial charge in [0, 0.05) is 40.7 Å². The normalized spacial score (nSPS) is 11.3. The molecule has 0 radical (unpaired) electrons. The van der Waals surface area contributed by atoms with Gasteiger partial charge in [0.15, 0.2) is 5.69 Å². The van der Waals surface area contributed by atoms with Crippen LogP contribution in [-0.2, 0) is 11.8 Å². The van der Waals surface area contributed by atoms with Crippen LogP contribution in [0, 0.1) is 0 Å². The van der Waals surface area contributed by atoms with Crippen molar-refractivity contribution >= 4 is 44.4 Å². The second kappa shape index (κ2) is 6.33. The van der Waals surface area contributed by atoms with Gasteiger partial charge in [-0.25, -0.2) is 9.78 Å². The third kappa shape index (κ3) is 2.39. The Bertz CT molecular complexity index is 1140. The summed E-state index contributed by atoms with van der Waals surface area (Å²) >= 11 is 0. The van der Waals surface area contributed by atoms with Gasteiger partial charge in [-0.05, 0) is 32.0 Å². The second-order valence-corrected chi connectivity index (χ2v) is 6.24. The smallest absolute Gasteiger partial charge is 0.357 e. The standard InChI is InChI=1S/C21H21N3O2/c1-4-22-20-15-11-10-14-13-8-6-7-9-18(13)24(3)19(14)16(15)12-17(23-20)21(25)26-5-2/h6-12H,4-5H2,1-3H3,(H,22,23). The molecule has 26 heavy (non-hydrogen) atoms. The quantitative estimate of drug-likeness (QED) is 0.553. The molecule has 0 atom stereocenters. The van der Waals surface area contributed by atoms with Crippen LogP contribution in [0.1, 0.15) is 24.3 Å². The largest absolute Gasteiger partial charge is 0.461 e. The van der Waals surface area contributed by atoms with Crippen LogP contribution in [0.2, 0.25) is 0 Å². The third-order valence-corrected chi connectivity index (χ3v) is 4.71. The van der Waals surface area contributed by atoms with Gasteiger partial charge in [-0.15, -0.1) is 0 Å². The molecule has 0 saturated heterocycles. The first-order chi connectivity index (χ1) is 12.7.